The molecule has 2 heterocycles. The number of anilines is 1. The summed E-state index contributed by atoms with van der Waals surface area (Å²) >= 11 is 0. The first-order valence-electron chi connectivity index (χ1n) is 19.0. The predicted molar refractivity (Wildman–Crippen MR) is 204 cm³/mol. The Kier molecular flexibility index (Phi) is 15.3. The topological polar surface area (TPSA) is 66.5 Å². The van der Waals surface area contributed by atoms with Crippen molar-refractivity contribution in [1.29, 1.82) is 0 Å². The van der Waals surface area contributed by atoms with Gasteiger partial charge in [0.1, 0.15) is 17.6 Å². The second-order valence-electron chi connectivity index (χ2n) is 14.1. The fourth-order valence-corrected chi connectivity index (χ4v) is 7.59. The summed E-state index contributed by atoms with van der Waals surface area (Å²) in [6, 6.07) is 24.7. The van der Waals surface area contributed by atoms with Crippen molar-refractivity contribution in [2.75, 3.05) is 65.9 Å². The normalized spacial score (nSPS) is 16.4. The molecular formula is C42H60N4O4. The second-order valence-corrected chi connectivity index (χ2v) is 14.1. The molecular weight excluding hydrogens is 624 g/mol. The Morgan fingerprint density at radius 1 is 0.720 bits per heavy atom. The SMILES string of the molecule is COc1cccc(OC)c1CN1CCC(N(C)CCCCCCCCCN2CCC(OC(=O)Nc3ccccc3-c3ccccc3)CC2)CC1. The standard InChI is InChI=1S/C42H60N4O4/c1-44(35-23-29-46(30-24-35)33-38-40(48-2)21-16-22-41(38)49-3)27-14-7-5-4-6-8-15-28-45-31-25-36(26-32-45)50-42(47)43-39-20-13-12-19-37(39)34-17-10-9-11-18-34/h9-13,16-22,35-36H,4-8,14-15,23-33H2,1-3H3,(H,43,47). The van der Waals surface area contributed by atoms with Crippen LogP contribution in [0.25, 0.3) is 11.1 Å². The molecule has 2 saturated heterocycles. The molecule has 0 radical (unpaired) electrons. The van der Waals surface area contributed by atoms with E-state index in [-0.39, 0.29) is 12.2 Å². The minimum Gasteiger partial charge on any atom is -0.496 e. The zero-order valence-corrected chi connectivity index (χ0v) is 30.8. The molecule has 5 rings (SSSR count). The van der Waals surface area contributed by atoms with Gasteiger partial charge in [0, 0.05) is 31.2 Å². The quantitative estimate of drug-likeness (QED) is 0.135. The molecule has 3 aromatic rings. The molecule has 0 saturated carbocycles. The number of benzene rings is 3. The number of nitrogens with zero attached hydrogens (tertiary/aromatic N) is 3. The maximum Gasteiger partial charge on any atom is 0.411 e. The third-order valence-corrected chi connectivity index (χ3v) is 10.6. The molecule has 8 nitrogen and oxygen atoms in total. The Hall–Kier alpha value is -3.59. The summed E-state index contributed by atoms with van der Waals surface area (Å²) in [6.07, 6.45) is 13.1. The third kappa shape index (κ3) is 11.5. The number of nitrogens with one attached hydrogen (secondary N) is 1. The molecule has 0 unspecified atom stereocenters. The van der Waals surface area contributed by atoms with Crippen LogP contribution in [0.15, 0.2) is 72.8 Å². The first-order chi connectivity index (χ1) is 24.5. The first kappa shape index (κ1) is 37.7. The smallest absolute Gasteiger partial charge is 0.411 e. The molecule has 2 fully saturated rings. The molecule has 2 aliphatic heterocycles. The van der Waals surface area contributed by atoms with E-state index in [1.54, 1.807) is 14.2 Å². The largest absolute Gasteiger partial charge is 0.496 e. The highest BCUT2D eigenvalue weighted by atomic mass is 16.6. The predicted octanol–water partition coefficient (Wildman–Crippen LogP) is 8.71. The Morgan fingerprint density at radius 3 is 2.00 bits per heavy atom. The highest BCUT2D eigenvalue weighted by Gasteiger charge is 2.25. The van der Waals surface area contributed by atoms with Crippen molar-refractivity contribution in [2.45, 2.75) is 89.3 Å². The number of piperidine rings is 2. The maximum absolute atomic E-state index is 12.7. The Bertz CT molecular complexity index is 1400. The number of ether oxygens (including phenoxy) is 3. The summed E-state index contributed by atoms with van der Waals surface area (Å²) in [5.74, 6) is 1.83. The molecule has 1 N–H and O–H groups in total. The summed E-state index contributed by atoms with van der Waals surface area (Å²) in [5.41, 5.74) is 4.01. The van der Waals surface area contributed by atoms with Crippen molar-refractivity contribution in [3.8, 4) is 22.6 Å². The van der Waals surface area contributed by atoms with Crippen molar-refractivity contribution >= 4 is 11.8 Å². The molecule has 0 spiro atoms. The molecule has 0 atom stereocenters. The fraction of sp³-hybridized carbons (Fsp3) is 0.548. The van der Waals surface area contributed by atoms with Crippen LogP contribution in [0.5, 0.6) is 11.5 Å². The Labute approximate surface area is 301 Å². The van der Waals surface area contributed by atoms with Gasteiger partial charge in [-0.15, -0.1) is 0 Å². The van der Waals surface area contributed by atoms with E-state index < -0.39 is 0 Å². The minimum atomic E-state index is -0.360. The lowest BCUT2D eigenvalue weighted by Gasteiger charge is -2.37. The molecule has 3 aromatic carbocycles. The van der Waals surface area contributed by atoms with Gasteiger partial charge in [0.05, 0.1) is 25.5 Å². The number of amides is 1. The number of unbranched alkanes of at least 4 members (excludes halogenated alkanes) is 6. The van der Waals surface area contributed by atoms with Gasteiger partial charge >= 0.3 is 6.09 Å². The zero-order valence-electron chi connectivity index (χ0n) is 30.8. The van der Waals surface area contributed by atoms with Crippen molar-refractivity contribution < 1.29 is 19.0 Å². The van der Waals surface area contributed by atoms with E-state index >= 15 is 0 Å². The van der Waals surface area contributed by atoms with E-state index in [0.29, 0.717) is 6.04 Å². The summed E-state index contributed by atoms with van der Waals surface area (Å²) in [6.45, 7) is 7.47. The Balaban J connectivity index is 0.861. The maximum atomic E-state index is 12.7. The van der Waals surface area contributed by atoms with E-state index in [0.717, 1.165) is 86.0 Å². The van der Waals surface area contributed by atoms with Crippen LogP contribution < -0.4 is 14.8 Å². The van der Waals surface area contributed by atoms with Gasteiger partial charge in [-0.1, -0.05) is 86.7 Å². The number of likely N-dealkylation sites (tertiary alicyclic amines) is 2. The van der Waals surface area contributed by atoms with Crippen LogP contribution in [0, 0.1) is 0 Å². The van der Waals surface area contributed by atoms with E-state index in [1.165, 1.54) is 64.3 Å². The molecule has 2 aliphatic rings. The van der Waals surface area contributed by atoms with Crippen molar-refractivity contribution in [1.82, 2.24) is 14.7 Å². The van der Waals surface area contributed by atoms with E-state index in [9.17, 15) is 4.79 Å². The number of para-hydroxylation sites is 1. The lowest BCUT2D eigenvalue weighted by Crippen LogP contribution is -2.43. The first-order valence-corrected chi connectivity index (χ1v) is 19.0. The summed E-state index contributed by atoms with van der Waals surface area (Å²) in [5, 5.41) is 2.98. The van der Waals surface area contributed by atoms with Gasteiger partial charge in [-0.05, 0) is 95.5 Å². The molecule has 0 aliphatic carbocycles. The van der Waals surface area contributed by atoms with Crippen LogP contribution in [-0.2, 0) is 11.3 Å². The second kappa shape index (κ2) is 20.3. The fourth-order valence-electron chi connectivity index (χ4n) is 7.59. The van der Waals surface area contributed by atoms with Crippen LogP contribution in [0.3, 0.4) is 0 Å². The summed E-state index contributed by atoms with van der Waals surface area (Å²) < 4.78 is 17.0. The molecule has 50 heavy (non-hydrogen) atoms. The van der Waals surface area contributed by atoms with Gasteiger partial charge in [0.2, 0.25) is 0 Å². The lowest BCUT2D eigenvalue weighted by atomic mass is 10.0. The van der Waals surface area contributed by atoms with Gasteiger partial charge in [-0.2, -0.15) is 0 Å². The van der Waals surface area contributed by atoms with Crippen LogP contribution in [0.1, 0.15) is 76.2 Å². The summed E-state index contributed by atoms with van der Waals surface area (Å²) in [4.78, 5) is 20.4. The van der Waals surface area contributed by atoms with Crippen molar-refractivity contribution in [3.05, 3.63) is 78.4 Å². The summed E-state index contributed by atoms with van der Waals surface area (Å²) in [7, 11) is 5.79. The molecule has 8 heteroatoms. The van der Waals surface area contributed by atoms with E-state index in [2.05, 4.69) is 39.2 Å². The van der Waals surface area contributed by atoms with Gasteiger partial charge in [-0.25, -0.2) is 4.79 Å². The number of carbonyl (C=O) groups excluding carboxylic acids is 1. The number of methoxy groups -OCH3 is 2. The zero-order chi connectivity index (χ0) is 35.0. The highest BCUT2D eigenvalue weighted by Crippen LogP contribution is 2.31. The van der Waals surface area contributed by atoms with E-state index in [4.69, 9.17) is 14.2 Å². The number of hydrogen-bond acceptors (Lipinski definition) is 7. The molecule has 0 bridgehead atoms. The third-order valence-electron chi connectivity index (χ3n) is 10.6. The number of hydrogen-bond donors (Lipinski definition) is 1. The van der Waals surface area contributed by atoms with Crippen molar-refractivity contribution in [3.63, 3.8) is 0 Å². The highest BCUT2D eigenvalue weighted by molar-refractivity contribution is 5.91. The van der Waals surface area contributed by atoms with Gasteiger partial charge < -0.3 is 24.0 Å². The molecule has 272 valence electrons. The van der Waals surface area contributed by atoms with Gasteiger partial charge in [0.25, 0.3) is 0 Å². The van der Waals surface area contributed by atoms with Gasteiger partial charge in [-0.3, -0.25) is 10.2 Å². The van der Waals surface area contributed by atoms with Crippen LogP contribution in [0.2, 0.25) is 0 Å². The number of rotatable bonds is 18. The lowest BCUT2D eigenvalue weighted by molar-refractivity contribution is 0.0584. The average Bonchev–Trinajstić information content (AvgIpc) is 3.15. The molecule has 1 amide bonds. The molecule has 0 aromatic heterocycles. The number of carbonyl (C=O) groups is 1. The van der Waals surface area contributed by atoms with Crippen LogP contribution in [-0.4, -0.2) is 93.5 Å². The monoisotopic (exact) mass is 684 g/mol. The van der Waals surface area contributed by atoms with Crippen LogP contribution in [0.4, 0.5) is 10.5 Å². The minimum absolute atomic E-state index is 0.0177. The van der Waals surface area contributed by atoms with Crippen LogP contribution >= 0.6 is 0 Å². The average molecular weight is 685 g/mol. The van der Waals surface area contributed by atoms with Crippen molar-refractivity contribution in [2.24, 2.45) is 0 Å². The van der Waals surface area contributed by atoms with Gasteiger partial charge in [0.15, 0.2) is 0 Å². The van der Waals surface area contributed by atoms with E-state index in [1.807, 2.05) is 60.7 Å². The Morgan fingerprint density at radius 2 is 1.32 bits per heavy atom.